The number of fused-ring (bicyclic) bond motifs is 1. The average Bonchev–Trinajstić information content (AvgIpc) is 2.55. The van der Waals surface area contributed by atoms with Crippen LogP contribution in [-0.2, 0) is 0 Å². The van der Waals surface area contributed by atoms with Gasteiger partial charge in [0.2, 0.25) is 0 Å². The van der Waals surface area contributed by atoms with Crippen LogP contribution in [0.25, 0.3) is 0 Å². The normalized spacial score (nSPS) is 48.8. The molecule has 4 heterocycles. The molecule has 3 atom stereocenters. The summed E-state index contributed by atoms with van der Waals surface area (Å²) >= 11 is 0. The van der Waals surface area contributed by atoms with Crippen LogP contribution < -0.4 is 5.32 Å². The Hall–Kier alpha value is -0.160. The van der Waals surface area contributed by atoms with E-state index in [1.54, 1.807) is 0 Å². The fourth-order valence-electron chi connectivity index (χ4n) is 5.04. The minimum Gasteiger partial charge on any atom is -0.387 e. The summed E-state index contributed by atoms with van der Waals surface area (Å²) in [6, 6.07) is 0. The van der Waals surface area contributed by atoms with E-state index in [4.69, 9.17) is 0 Å². The van der Waals surface area contributed by atoms with E-state index < -0.39 is 5.60 Å². The maximum absolute atomic E-state index is 11.5. The lowest BCUT2D eigenvalue weighted by molar-refractivity contribution is -0.201. The van der Waals surface area contributed by atoms with Crippen LogP contribution in [0.4, 0.5) is 0 Å². The van der Waals surface area contributed by atoms with Crippen LogP contribution >= 0.6 is 0 Å². The van der Waals surface area contributed by atoms with Crippen molar-refractivity contribution < 1.29 is 5.11 Å². The smallest absolute Gasteiger partial charge is 0.0904 e. The molecule has 0 aromatic rings. The summed E-state index contributed by atoms with van der Waals surface area (Å²) in [4.78, 5) is 5.20. The topological polar surface area (TPSA) is 38.7 Å². The highest BCUT2D eigenvalue weighted by molar-refractivity contribution is 5.15. The summed E-state index contributed by atoms with van der Waals surface area (Å²) in [6.07, 6.45) is 1.13. The molecule has 0 spiro atoms. The third kappa shape index (κ3) is 2.04. The first-order chi connectivity index (χ1) is 8.99. The highest BCUT2D eigenvalue weighted by Crippen LogP contribution is 2.51. The van der Waals surface area contributed by atoms with Gasteiger partial charge in [0, 0.05) is 57.1 Å². The Morgan fingerprint density at radius 2 is 1.79 bits per heavy atom. The molecular weight excluding hydrogens is 238 g/mol. The van der Waals surface area contributed by atoms with E-state index in [1.165, 1.54) is 13.1 Å². The van der Waals surface area contributed by atoms with Crippen molar-refractivity contribution in [2.75, 3.05) is 52.9 Å². The van der Waals surface area contributed by atoms with Gasteiger partial charge in [0.1, 0.15) is 0 Å². The van der Waals surface area contributed by atoms with Gasteiger partial charge in [-0.25, -0.2) is 0 Å². The van der Waals surface area contributed by atoms with Gasteiger partial charge in [-0.3, -0.25) is 0 Å². The molecule has 0 amide bonds. The fourth-order valence-corrected chi connectivity index (χ4v) is 5.04. The van der Waals surface area contributed by atoms with Crippen molar-refractivity contribution in [3.8, 4) is 0 Å². The Kier molecular flexibility index (Phi) is 3.41. The van der Waals surface area contributed by atoms with Gasteiger partial charge >= 0.3 is 0 Å². The summed E-state index contributed by atoms with van der Waals surface area (Å²) in [5, 5.41) is 14.8. The molecule has 4 heteroatoms. The Bertz CT molecular complexity index is 330. The predicted molar refractivity (Wildman–Crippen MR) is 77.1 cm³/mol. The second kappa shape index (κ2) is 4.69. The first-order valence-electron chi connectivity index (χ1n) is 7.81. The summed E-state index contributed by atoms with van der Waals surface area (Å²) in [6.45, 7) is 12.0. The lowest BCUT2D eigenvalue weighted by atomic mass is 9.57. The van der Waals surface area contributed by atoms with E-state index >= 15 is 0 Å². The first kappa shape index (κ1) is 13.8. The number of nitrogens with zero attached hydrogens (tertiary/aromatic N) is 2. The molecule has 3 unspecified atom stereocenters. The number of aliphatic hydroxyl groups is 1. The van der Waals surface area contributed by atoms with Crippen LogP contribution in [0, 0.1) is 17.3 Å². The summed E-state index contributed by atoms with van der Waals surface area (Å²) < 4.78 is 0. The molecule has 0 aromatic carbocycles. The Labute approximate surface area is 117 Å². The highest BCUT2D eigenvalue weighted by atomic mass is 16.3. The van der Waals surface area contributed by atoms with Crippen molar-refractivity contribution >= 4 is 0 Å². The molecule has 2 N–H and O–H groups in total. The molecule has 19 heavy (non-hydrogen) atoms. The second-order valence-electron chi connectivity index (χ2n) is 7.50. The van der Waals surface area contributed by atoms with Gasteiger partial charge < -0.3 is 20.2 Å². The van der Waals surface area contributed by atoms with E-state index in [1.807, 2.05) is 7.05 Å². The van der Waals surface area contributed by atoms with Crippen LogP contribution in [0.15, 0.2) is 0 Å². The first-order valence-corrected chi connectivity index (χ1v) is 7.81. The number of hydrogen-bond donors (Lipinski definition) is 2. The maximum Gasteiger partial charge on any atom is 0.0904 e. The van der Waals surface area contributed by atoms with Gasteiger partial charge in [0.15, 0.2) is 0 Å². The van der Waals surface area contributed by atoms with Gasteiger partial charge in [-0.15, -0.1) is 0 Å². The van der Waals surface area contributed by atoms with E-state index in [-0.39, 0.29) is 5.41 Å². The Balaban J connectivity index is 1.98. The standard InChI is InChI=1S/C15H29N3O/c1-12(2)6-14-10-17-4-5-18(11-14)8-13(7-17)15(14,19)9-16-3/h12-13,16,19H,4-11H2,1-3H3. The summed E-state index contributed by atoms with van der Waals surface area (Å²) in [7, 11) is 1.97. The Morgan fingerprint density at radius 3 is 2.26 bits per heavy atom. The zero-order valence-corrected chi connectivity index (χ0v) is 12.7. The molecule has 0 aromatic heterocycles. The van der Waals surface area contributed by atoms with Crippen LogP contribution in [0.5, 0.6) is 0 Å². The molecule has 4 bridgehead atoms. The quantitative estimate of drug-likeness (QED) is 0.765. The molecule has 4 aliphatic heterocycles. The number of piperidine rings is 2. The minimum atomic E-state index is -0.524. The van der Waals surface area contributed by atoms with Crippen LogP contribution in [0.1, 0.15) is 20.3 Å². The van der Waals surface area contributed by atoms with Gasteiger partial charge in [0.25, 0.3) is 0 Å². The molecule has 0 radical (unpaired) electrons. The largest absolute Gasteiger partial charge is 0.387 e. The van der Waals surface area contributed by atoms with Crippen molar-refractivity contribution in [3.63, 3.8) is 0 Å². The zero-order chi connectivity index (χ0) is 13.7. The van der Waals surface area contributed by atoms with Gasteiger partial charge in [-0.2, -0.15) is 0 Å². The zero-order valence-electron chi connectivity index (χ0n) is 12.7. The molecule has 4 saturated heterocycles. The van der Waals surface area contributed by atoms with E-state index in [2.05, 4.69) is 29.0 Å². The molecule has 4 fully saturated rings. The number of nitrogens with one attached hydrogen (secondary N) is 1. The van der Waals surface area contributed by atoms with Crippen molar-refractivity contribution in [1.29, 1.82) is 0 Å². The maximum atomic E-state index is 11.5. The van der Waals surface area contributed by atoms with Gasteiger partial charge in [-0.1, -0.05) is 13.8 Å². The van der Waals surface area contributed by atoms with Crippen LogP contribution in [-0.4, -0.2) is 73.4 Å². The minimum absolute atomic E-state index is 0.0574. The molecular formula is C15H29N3O. The lowest BCUT2D eigenvalue weighted by Crippen LogP contribution is -2.73. The fraction of sp³-hybridized carbons (Fsp3) is 1.00. The third-order valence-electron chi connectivity index (χ3n) is 5.58. The average molecular weight is 267 g/mol. The lowest BCUT2D eigenvalue weighted by Gasteiger charge is -2.61. The second-order valence-corrected chi connectivity index (χ2v) is 7.50. The van der Waals surface area contributed by atoms with E-state index in [9.17, 15) is 5.11 Å². The third-order valence-corrected chi connectivity index (χ3v) is 5.58. The van der Waals surface area contributed by atoms with Crippen molar-refractivity contribution in [1.82, 2.24) is 15.1 Å². The number of likely N-dealkylation sites (N-methyl/N-ethyl adjacent to an activating group) is 1. The number of hydrogen-bond acceptors (Lipinski definition) is 4. The molecule has 0 aliphatic carbocycles. The molecule has 4 nitrogen and oxygen atoms in total. The van der Waals surface area contributed by atoms with Crippen molar-refractivity contribution in [2.24, 2.45) is 17.3 Å². The Morgan fingerprint density at radius 1 is 1.21 bits per heavy atom. The molecule has 4 rings (SSSR count). The molecule has 4 aliphatic rings. The summed E-state index contributed by atoms with van der Waals surface area (Å²) in [5.41, 5.74) is -0.467. The highest BCUT2D eigenvalue weighted by Gasteiger charge is 2.62. The molecule has 110 valence electrons. The van der Waals surface area contributed by atoms with Crippen LogP contribution in [0.2, 0.25) is 0 Å². The summed E-state index contributed by atoms with van der Waals surface area (Å²) in [5.74, 6) is 1.05. The monoisotopic (exact) mass is 267 g/mol. The molecule has 0 saturated carbocycles. The van der Waals surface area contributed by atoms with Crippen molar-refractivity contribution in [2.45, 2.75) is 25.9 Å². The van der Waals surface area contributed by atoms with Crippen molar-refractivity contribution in [3.05, 3.63) is 0 Å². The predicted octanol–water partition coefficient (Wildman–Crippen LogP) is 0.230. The number of rotatable bonds is 4. The van der Waals surface area contributed by atoms with Gasteiger partial charge in [0.05, 0.1) is 5.60 Å². The van der Waals surface area contributed by atoms with E-state index in [0.717, 1.165) is 39.1 Å². The van der Waals surface area contributed by atoms with Crippen LogP contribution in [0.3, 0.4) is 0 Å². The SMILES string of the molecule is CNCC1(O)C2CN3CCN(C2)CC1(CC(C)C)C3. The van der Waals surface area contributed by atoms with Gasteiger partial charge in [-0.05, 0) is 19.4 Å². The van der Waals surface area contributed by atoms with E-state index in [0.29, 0.717) is 11.8 Å².